The van der Waals surface area contributed by atoms with E-state index >= 15 is 0 Å². The predicted molar refractivity (Wildman–Crippen MR) is 79.7 cm³/mol. The molecule has 106 valence electrons. The van der Waals surface area contributed by atoms with Crippen molar-refractivity contribution in [2.75, 3.05) is 26.7 Å². The minimum atomic E-state index is 0.389. The highest BCUT2D eigenvalue weighted by atomic mass is 16.5. The summed E-state index contributed by atoms with van der Waals surface area (Å²) in [6.45, 7) is 7.64. The largest absolute Gasteiger partial charge is 0.497 e. The van der Waals surface area contributed by atoms with Crippen molar-refractivity contribution in [3.05, 3.63) is 29.8 Å². The van der Waals surface area contributed by atoms with Crippen LogP contribution in [0.1, 0.15) is 38.3 Å². The van der Waals surface area contributed by atoms with Crippen molar-refractivity contribution < 1.29 is 4.74 Å². The maximum atomic E-state index is 5.33. The lowest BCUT2D eigenvalue weighted by molar-refractivity contribution is 0.245. The number of nitrogens with zero attached hydrogens (tertiary/aromatic N) is 1. The summed E-state index contributed by atoms with van der Waals surface area (Å²) in [6, 6.07) is 9.62. The summed E-state index contributed by atoms with van der Waals surface area (Å²) in [5, 5.41) is 3.60. The van der Waals surface area contributed by atoms with Crippen LogP contribution in [0.25, 0.3) is 0 Å². The van der Waals surface area contributed by atoms with Crippen molar-refractivity contribution in [2.45, 2.75) is 38.8 Å². The lowest BCUT2D eigenvalue weighted by atomic mass is 10.1. The van der Waals surface area contributed by atoms with E-state index < -0.39 is 0 Å². The van der Waals surface area contributed by atoms with Crippen LogP contribution in [-0.4, -0.2) is 37.7 Å². The molecule has 0 bridgehead atoms. The number of nitrogens with one attached hydrogen (secondary N) is 1. The molecular weight excluding hydrogens is 236 g/mol. The molecule has 0 aromatic heterocycles. The molecule has 1 aromatic rings. The van der Waals surface area contributed by atoms with E-state index in [1.165, 1.54) is 18.4 Å². The van der Waals surface area contributed by atoms with Gasteiger partial charge in [-0.05, 0) is 43.6 Å². The van der Waals surface area contributed by atoms with E-state index in [-0.39, 0.29) is 0 Å². The van der Waals surface area contributed by atoms with Crippen molar-refractivity contribution in [2.24, 2.45) is 0 Å². The summed E-state index contributed by atoms with van der Waals surface area (Å²) >= 11 is 0. The minimum absolute atomic E-state index is 0.389. The molecule has 1 N–H and O–H groups in total. The Balaban J connectivity index is 2.08. The van der Waals surface area contributed by atoms with Gasteiger partial charge in [-0.3, -0.25) is 4.90 Å². The zero-order chi connectivity index (χ0) is 13.7. The van der Waals surface area contributed by atoms with E-state index in [2.05, 4.69) is 42.3 Å². The second-order valence-electron chi connectivity index (χ2n) is 5.21. The summed E-state index contributed by atoms with van der Waals surface area (Å²) in [5.41, 5.74) is 1.32. The Morgan fingerprint density at radius 1 is 1.37 bits per heavy atom. The zero-order valence-corrected chi connectivity index (χ0v) is 12.4. The summed E-state index contributed by atoms with van der Waals surface area (Å²) in [5.74, 6) is 0.940. The van der Waals surface area contributed by atoms with E-state index in [9.17, 15) is 0 Å². The van der Waals surface area contributed by atoms with Crippen molar-refractivity contribution in [3.8, 4) is 5.75 Å². The fraction of sp³-hybridized carbons (Fsp3) is 0.625. The van der Waals surface area contributed by atoms with Crippen LogP contribution < -0.4 is 10.1 Å². The van der Waals surface area contributed by atoms with Crippen LogP contribution in [0, 0.1) is 0 Å². The molecule has 1 saturated carbocycles. The molecule has 1 aliphatic carbocycles. The van der Waals surface area contributed by atoms with Gasteiger partial charge in [0, 0.05) is 18.6 Å². The van der Waals surface area contributed by atoms with Gasteiger partial charge in [-0.2, -0.15) is 0 Å². The summed E-state index contributed by atoms with van der Waals surface area (Å²) < 4.78 is 5.33. The fourth-order valence-corrected chi connectivity index (χ4v) is 2.60. The maximum absolute atomic E-state index is 5.33. The third kappa shape index (κ3) is 3.95. The van der Waals surface area contributed by atoms with Crippen molar-refractivity contribution in [1.82, 2.24) is 10.2 Å². The molecule has 2 rings (SSSR count). The van der Waals surface area contributed by atoms with Gasteiger partial charge in [0.2, 0.25) is 0 Å². The molecule has 0 heterocycles. The quantitative estimate of drug-likeness (QED) is 0.779. The van der Waals surface area contributed by atoms with Gasteiger partial charge in [-0.15, -0.1) is 0 Å². The van der Waals surface area contributed by atoms with Gasteiger partial charge in [-0.1, -0.05) is 26.0 Å². The van der Waals surface area contributed by atoms with E-state index in [0.717, 1.165) is 31.4 Å². The molecule has 3 nitrogen and oxygen atoms in total. The Hall–Kier alpha value is -1.06. The number of rotatable bonds is 8. The molecule has 0 spiro atoms. The monoisotopic (exact) mass is 262 g/mol. The third-order valence-electron chi connectivity index (χ3n) is 3.83. The molecule has 1 unspecified atom stereocenters. The first kappa shape index (κ1) is 14.4. The first-order chi connectivity index (χ1) is 9.28. The molecule has 1 aromatic carbocycles. The van der Waals surface area contributed by atoms with Gasteiger partial charge in [0.05, 0.1) is 7.11 Å². The number of methoxy groups -OCH3 is 1. The average Bonchev–Trinajstić information content (AvgIpc) is 3.28. The highest BCUT2D eigenvalue weighted by molar-refractivity contribution is 5.30. The Morgan fingerprint density at radius 3 is 2.74 bits per heavy atom. The molecule has 0 aliphatic heterocycles. The minimum Gasteiger partial charge on any atom is -0.497 e. The first-order valence-corrected chi connectivity index (χ1v) is 7.39. The van der Waals surface area contributed by atoms with Crippen molar-refractivity contribution in [1.29, 1.82) is 0 Å². The topological polar surface area (TPSA) is 24.5 Å². The second-order valence-corrected chi connectivity index (χ2v) is 5.21. The smallest absolute Gasteiger partial charge is 0.119 e. The third-order valence-corrected chi connectivity index (χ3v) is 3.83. The highest BCUT2D eigenvalue weighted by Crippen LogP contribution is 2.29. The van der Waals surface area contributed by atoms with E-state index in [1.54, 1.807) is 7.11 Å². The zero-order valence-electron chi connectivity index (χ0n) is 12.4. The standard InChI is InChI=1S/C16H26N2O/c1-4-17-16(12-18(5-2)14-9-10-14)13-7-6-8-15(11-13)19-3/h6-8,11,14,16-17H,4-5,9-10,12H2,1-3H3. The number of hydrogen-bond donors (Lipinski definition) is 1. The van der Waals surface area contributed by atoms with Crippen LogP contribution in [0.15, 0.2) is 24.3 Å². The Morgan fingerprint density at radius 2 is 2.16 bits per heavy atom. The SMILES string of the molecule is CCNC(CN(CC)C1CC1)c1cccc(OC)c1. The van der Waals surface area contributed by atoms with Crippen LogP contribution in [0.2, 0.25) is 0 Å². The van der Waals surface area contributed by atoms with Crippen LogP contribution >= 0.6 is 0 Å². The van der Waals surface area contributed by atoms with Gasteiger partial charge >= 0.3 is 0 Å². The molecule has 3 heteroatoms. The van der Waals surface area contributed by atoms with Crippen LogP contribution in [0.4, 0.5) is 0 Å². The van der Waals surface area contributed by atoms with Crippen LogP contribution in [-0.2, 0) is 0 Å². The van der Waals surface area contributed by atoms with Crippen molar-refractivity contribution >= 4 is 0 Å². The number of benzene rings is 1. The van der Waals surface area contributed by atoms with Gasteiger partial charge in [0.1, 0.15) is 5.75 Å². The Bertz CT molecular complexity index is 390. The molecule has 19 heavy (non-hydrogen) atoms. The second kappa shape index (κ2) is 6.92. The van der Waals surface area contributed by atoms with Gasteiger partial charge in [-0.25, -0.2) is 0 Å². The molecule has 0 amide bonds. The van der Waals surface area contributed by atoms with Crippen LogP contribution in [0.5, 0.6) is 5.75 Å². The van der Waals surface area contributed by atoms with Crippen molar-refractivity contribution in [3.63, 3.8) is 0 Å². The van der Waals surface area contributed by atoms with E-state index in [0.29, 0.717) is 6.04 Å². The molecule has 0 radical (unpaired) electrons. The highest BCUT2D eigenvalue weighted by Gasteiger charge is 2.29. The average molecular weight is 262 g/mol. The molecule has 0 saturated heterocycles. The van der Waals surface area contributed by atoms with E-state index in [4.69, 9.17) is 4.74 Å². The molecule has 1 atom stereocenters. The number of ether oxygens (including phenoxy) is 1. The predicted octanol–water partition coefficient (Wildman–Crippen LogP) is 2.83. The molecule has 1 aliphatic rings. The lowest BCUT2D eigenvalue weighted by Gasteiger charge is -2.27. The maximum Gasteiger partial charge on any atom is 0.119 e. The Labute approximate surface area is 116 Å². The fourth-order valence-electron chi connectivity index (χ4n) is 2.60. The first-order valence-electron chi connectivity index (χ1n) is 7.39. The van der Waals surface area contributed by atoms with Gasteiger partial charge in [0.15, 0.2) is 0 Å². The normalized spacial score (nSPS) is 16.6. The molecular formula is C16H26N2O. The Kier molecular flexibility index (Phi) is 5.23. The van der Waals surface area contributed by atoms with Gasteiger partial charge in [0.25, 0.3) is 0 Å². The summed E-state index contributed by atoms with van der Waals surface area (Å²) in [6.07, 6.45) is 2.73. The summed E-state index contributed by atoms with van der Waals surface area (Å²) in [7, 11) is 1.73. The molecule has 1 fully saturated rings. The van der Waals surface area contributed by atoms with Gasteiger partial charge < -0.3 is 10.1 Å². The van der Waals surface area contributed by atoms with E-state index in [1.807, 2.05) is 6.07 Å². The summed E-state index contributed by atoms with van der Waals surface area (Å²) in [4.78, 5) is 2.59. The number of likely N-dealkylation sites (N-methyl/N-ethyl adjacent to an activating group) is 2. The number of hydrogen-bond acceptors (Lipinski definition) is 3. The lowest BCUT2D eigenvalue weighted by Crippen LogP contribution is -2.36. The van der Waals surface area contributed by atoms with Crippen LogP contribution in [0.3, 0.4) is 0 Å².